The second-order valence-corrected chi connectivity index (χ2v) is 7.33. The van der Waals surface area contributed by atoms with Crippen molar-refractivity contribution in [2.75, 3.05) is 18.9 Å². The molecule has 0 bridgehead atoms. The van der Waals surface area contributed by atoms with E-state index in [9.17, 15) is 8.42 Å². The van der Waals surface area contributed by atoms with Gasteiger partial charge in [0.25, 0.3) is 0 Å². The predicted octanol–water partition coefficient (Wildman–Crippen LogP) is 3.01. The molecule has 0 radical (unpaired) electrons. The summed E-state index contributed by atoms with van der Waals surface area (Å²) < 4.78 is 27.0. The van der Waals surface area contributed by atoms with Gasteiger partial charge in [-0.3, -0.25) is 0 Å². The normalized spacial score (nSPS) is 11.8. The van der Waals surface area contributed by atoms with E-state index in [1.807, 2.05) is 0 Å². The van der Waals surface area contributed by atoms with Crippen LogP contribution in [0.25, 0.3) is 0 Å². The van der Waals surface area contributed by atoms with Crippen molar-refractivity contribution in [3.8, 4) is 0 Å². The third kappa shape index (κ3) is 6.44. The molecule has 0 atom stereocenters. The van der Waals surface area contributed by atoms with Crippen LogP contribution in [0, 0.1) is 5.92 Å². The van der Waals surface area contributed by atoms with Crippen molar-refractivity contribution in [1.29, 1.82) is 0 Å². The highest BCUT2D eigenvalue weighted by Crippen LogP contribution is 2.17. The van der Waals surface area contributed by atoms with Crippen molar-refractivity contribution in [3.05, 3.63) is 18.3 Å². The van der Waals surface area contributed by atoms with Crippen LogP contribution in [0.1, 0.15) is 46.0 Å². The summed E-state index contributed by atoms with van der Waals surface area (Å²) in [5.74, 6) is 1.12. The Kier molecular flexibility index (Phi) is 7.67. The number of aromatic nitrogens is 1. The Balaban J connectivity index is 2.37. The van der Waals surface area contributed by atoms with Gasteiger partial charge in [-0.1, -0.05) is 39.5 Å². The van der Waals surface area contributed by atoms with Gasteiger partial charge >= 0.3 is 0 Å². The molecule has 0 saturated carbocycles. The Morgan fingerprint density at radius 2 is 1.90 bits per heavy atom. The van der Waals surface area contributed by atoms with Gasteiger partial charge in [-0.05, 0) is 24.5 Å². The van der Waals surface area contributed by atoms with Gasteiger partial charge in [0.05, 0.1) is 0 Å². The molecule has 1 aromatic heterocycles. The van der Waals surface area contributed by atoms with E-state index < -0.39 is 10.0 Å². The summed E-state index contributed by atoms with van der Waals surface area (Å²) in [6.07, 6.45) is 7.12. The zero-order chi connectivity index (χ0) is 15.7. The fourth-order valence-electron chi connectivity index (χ4n) is 2.11. The Morgan fingerprint density at radius 3 is 2.57 bits per heavy atom. The zero-order valence-electron chi connectivity index (χ0n) is 13.2. The first-order valence-electron chi connectivity index (χ1n) is 7.60. The quantitative estimate of drug-likeness (QED) is 0.651. The lowest BCUT2D eigenvalue weighted by Crippen LogP contribution is -2.25. The van der Waals surface area contributed by atoms with Crippen molar-refractivity contribution in [2.45, 2.75) is 50.8 Å². The van der Waals surface area contributed by atoms with Gasteiger partial charge in [0.15, 0.2) is 0 Å². The Hall–Kier alpha value is -1.14. The van der Waals surface area contributed by atoms with Crippen molar-refractivity contribution in [3.63, 3.8) is 0 Å². The summed E-state index contributed by atoms with van der Waals surface area (Å²) in [6.45, 7) is 4.92. The molecule has 0 aliphatic rings. The first kappa shape index (κ1) is 17.9. The van der Waals surface area contributed by atoms with Crippen LogP contribution in [0.2, 0.25) is 0 Å². The van der Waals surface area contributed by atoms with Crippen LogP contribution < -0.4 is 10.0 Å². The van der Waals surface area contributed by atoms with Crippen molar-refractivity contribution >= 4 is 15.8 Å². The van der Waals surface area contributed by atoms with Crippen LogP contribution in [0.5, 0.6) is 0 Å². The largest absolute Gasteiger partial charge is 0.372 e. The third-order valence-corrected chi connectivity index (χ3v) is 4.79. The summed E-state index contributed by atoms with van der Waals surface area (Å²) in [7, 11) is -1.82. The molecule has 0 aromatic carbocycles. The molecule has 1 heterocycles. The van der Waals surface area contributed by atoms with Crippen LogP contribution >= 0.6 is 0 Å². The lowest BCUT2D eigenvalue weighted by Gasteiger charge is -2.10. The van der Waals surface area contributed by atoms with Gasteiger partial charge in [0.1, 0.15) is 10.7 Å². The van der Waals surface area contributed by atoms with Crippen molar-refractivity contribution < 1.29 is 8.42 Å². The first-order chi connectivity index (χ1) is 9.97. The number of unbranched alkanes of at least 4 members (excludes halogenated alkanes) is 3. The minimum absolute atomic E-state index is 0.201. The van der Waals surface area contributed by atoms with Crippen LogP contribution in [0.15, 0.2) is 23.2 Å². The van der Waals surface area contributed by atoms with E-state index >= 15 is 0 Å². The summed E-state index contributed by atoms with van der Waals surface area (Å²) in [5.41, 5.74) is 0. The number of nitrogens with one attached hydrogen (secondary N) is 2. The number of anilines is 1. The highest BCUT2D eigenvalue weighted by molar-refractivity contribution is 7.89. The van der Waals surface area contributed by atoms with Gasteiger partial charge in [0.2, 0.25) is 10.0 Å². The Labute approximate surface area is 128 Å². The third-order valence-electron chi connectivity index (χ3n) is 3.30. The highest BCUT2D eigenvalue weighted by Gasteiger charge is 2.17. The minimum atomic E-state index is -3.48. The molecule has 1 aromatic rings. The summed E-state index contributed by atoms with van der Waals surface area (Å²) >= 11 is 0. The molecule has 0 fully saturated rings. The molecular formula is C15H27N3O2S. The van der Waals surface area contributed by atoms with Gasteiger partial charge in [-0.2, -0.15) is 0 Å². The second kappa shape index (κ2) is 9.00. The van der Waals surface area contributed by atoms with Crippen molar-refractivity contribution in [2.24, 2.45) is 5.92 Å². The fourth-order valence-corrected chi connectivity index (χ4v) is 3.35. The smallest absolute Gasteiger partial charge is 0.244 e. The fraction of sp³-hybridized carbons (Fsp3) is 0.667. The molecule has 2 N–H and O–H groups in total. The monoisotopic (exact) mass is 313 g/mol. The lowest BCUT2D eigenvalue weighted by atomic mass is 10.0. The van der Waals surface area contributed by atoms with E-state index in [0.717, 1.165) is 25.2 Å². The molecule has 0 spiro atoms. The predicted molar refractivity (Wildman–Crippen MR) is 86.9 cm³/mol. The first-order valence-corrected chi connectivity index (χ1v) is 9.08. The van der Waals surface area contributed by atoms with E-state index in [0.29, 0.717) is 12.4 Å². The van der Waals surface area contributed by atoms with Crippen molar-refractivity contribution in [1.82, 2.24) is 9.71 Å². The van der Waals surface area contributed by atoms with Gasteiger partial charge < -0.3 is 5.32 Å². The average Bonchev–Trinajstić information content (AvgIpc) is 2.45. The number of hydrogen-bond acceptors (Lipinski definition) is 4. The molecule has 5 nitrogen and oxygen atoms in total. The maximum absolute atomic E-state index is 12.2. The molecule has 21 heavy (non-hydrogen) atoms. The van der Waals surface area contributed by atoms with E-state index in [1.165, 1.54) is 12.8 Å². The second-order valence-electron chi connectivity index (χ2n) is 5.59. The van der Waals surface area contributed by atoms with E-state index in [2.05, 4.69) is 28.9 Å². The summed E-state index contributed by atoms with van der Waals surface area (Å²) in [5, 5.41) is 2.80. The van der Waals surface area contributed by atoms with E-state index in [-0.39, 0.29) is 4.90 Å². The van der Waals surface area contributed by atoms with Crippen LogP contribution in [-0.2, 0) is 10.0 Å². The Bertz CT molecular complexity index is 515. The van der Waals surface area contributed by atoms with Gasteiger partial charge in [-0.15, -0.1) is 0 Å². The summed E-state index contributed by atoms with van der Waals surface area (Å²) in [6, 6.07) is 3.19. The molecule has 1 rings (SSSR count). The number of pyridine rings is 1. The minimum Gasteiger partial charge on any atom is -0.372 e. The molecule has 0 aliphatic carbocycles. The number of hydrogen-bond donors (Lipinski definition) is 2. The van der Waals surface area contributed by atoms with E-state index in [4.69, 9.17) is 0 Å². The van der Waals surface area contributed by atoms with Crippen LogP contribution in [0.4, 0.5) is 5.82 Å². The molecule has 0 amide bonds. The molecule has 6 heteroatoms. The maximum Gasteiger partial charge on any atom is 0.244 e. The molecular weight excluding hydrogens is 286 g/mol. The number of rotatable bonds is 10. The van der Waals surface area contributed by atoms with E-state index in [1.54, 1.807) is 25.4 Å². The molecule has 0 aliphatic heterocycles. The maximum atomic E-state index is 12.2. The Morgan fingerprint density at radius 1 is 1.19 bits per heavy atom. The van der Waals surface area contributed by atoms with Crippen LogP contribution in [0.3, 0.4) is 0 Å². The molecule has 120 valence electrons. The highest BCUT2D eigenvalue weighted by atomic mass is 32.2. The van der Waals surface area contributed by atoms with Crippen LogP contribution in [-0.4, -0.2) is 27.0 Å². The molecule has 0 saturated heterocycles. The topological polar surface area (TPSA) is 71.1 Å². The number of nitrogens with zero attached hydrogens (tertiary/aromatic N) is 1. The lowest BCUT2D eigenvalue weighted by molar-refractivity contribution is 0.517. The standard InChI is InChI=1S/C15H27N3O2S/c1-13(2)9-6-4-5-7-12-18-21(19,20)14-10-8-11-17-15(14)16-3/h8,10-11,13,18H,4-7,9,12H2,1-3H3,(H,16,17). The number of sulfonamides is 1. The van der Waals surface area contributed by atoms with Gasteiger partial charge in [0, 0.05) is 19.8 Å². The zero-order valence-corrected chi connectivity index (χ0v) is 14.0. The SMILES string of the molecule is CNc1ncccc1S(=O)(=O)NCCCCCCC(C)C. The summed E-state index contributed by atoms with van der Waals surface area (Å²) in [4.78, 5) is 4.22. The average molecular weight is 313 g/mol. The van der Waals surface area contributed by atoms with Gasteiger partial charge in [-0.25, -0.2) is 18.1 Å². The molecule has 0 unspecified atom stereocenters.